The molecule has 4 rings (SSSR count). The van der Waals surface area contributed by atoms with Crippen LogP contribution in [0.5, 0.6) is 5.75 Å². The van der Waals surface area contributed by atoms with Crippen LogP contribution in [-0.2, 0) is 6.61 Å². The summed E-state index contributed by atoms with van der Waals surface area (Å²) in [6.45, 7) is 0.205. The van der Waals surface area contributed by atoms with Gasteiger partial charge in [0.1, 0.15) is 18.1 Å². The highest BCUT2D eigenvalue weighted by Gasteiger charge is 2.10. The Balaban J connectivity index is 1.39. The van der Waals surface area contributed by atoms with E-state index in [1.165, 1.54) is 6.26 Å². The summed E-state index contributed by atoms with van der Waals surface area (Å²) in [4.78, 5) is 12.0. The van der Waals surface area contributed by atoms with Gasteiger partial charge in [0, 0.05) is 28.4 Å². The molecule has 1 N–H and O–H groups in total. The monoisotopic (exact) mass is 394 g/mol. The maximum absolute atomic E-state index is 12.0. The van der Waals surface area contributed by atoms with Gasteiger partial charge in [-0.1, -0.05) is 35.0 Å². The molecule has 0 aliphatic rings. The first-order chi connectivity index (χ1) is 13.7. The molecule has 0 saturated heterocycles. The minimum atomic E-state index is -0.329. The number of hydrogen-bond acceptors (Lipinski definition) is 5. The Bertz CT molecular complexity index is 1070. The van der Waals surface area contributed by atoms with E-state index in [9.17, 15) is 4.79 Å². The fourth-order valence-corrected chi connectivity index (χ4v) is 2.68. The minimum absolute atomic E-state index is 0.205. The smallest absolute Gasteiger partial charge is 0.291 e. The van der Waals surface area contributed by atoms with Gasteiger partial charge in [-0.15, -0.1) is 0 Å². The Morgan fingerprint density at radius 2 is 1.93 bits per heavy atom. The van der Waals surface area contributed by atoms with Crippen LogP contribution in [0.3, 0.4) is 0 Å². The van der Waals surface area contributed by atoms with Gasteiger partial charge in [0.15, 0.2) is 11.5 Å². The Hall–Kier alpha value is -3.51. The van der Waals surface area contributed by atoms with Gasteiger partial charge in [0.25, 0.3) is 5.91 Å². The molecule has 140 valence electrons. The van der Waals surface area contributed by atoms with Crippen molar-refractivity contribution < 1.29 is 18.5 Å². The molecule has 7 heteroatoms. The summed E-state index contributed by atoms with van der Waals surface area (Å²) in [6.07, 6.45) is 1.45. The molecule has 0 unspecified atom stereocenters. The van der Waals surface area contributed by atoms with Gasteiger partial charge in [0.2, 0.25) is 0 Å². The molecule has 0 spiro atoms. The number of anilines is 1. The third-order valence-corrected chi connectivity index (χ3v) is 4.17. The zero-order valence-electron chi connectivity index (χ0n) is 14.6. The van der Waals surface area contributed by atoms with E-state index in [0.717, 1.165) is 5.56 Å². The molecule has 0 aliphatic heterocycles. The van der Waals surface area contributed by atoms with Crippen LogP contribution in [0.4, 0.5) is 5.69 Å². The largest absolute Gasteiger partial charge is 0.485 e. The summed E-state index contributed by atoms with van der Waals surface area (Å²) in [6, 6.07) is 19.5. The fourth-order valence-electron chi connectivity index (χ4n) is 2.56. The van der Waals surface area contributed by atoms with Crippen molar-refractivity contribution in [3.63, 3.8) is 0 Å². The number of carbonyl (C=O) groups excluding carboxylic acids is 1. The number of rotatable bonds is 6. The Kier molecular flexibility index (Phi) is 5.12. The molecule has 0 fully saturated rings. The normalized spacial score (nSPS) is 10.6. The summed E-state index contributed by atoms with van der Waals surface area (Å²) >= 11 is 5.90. The Morgan fingerprint density at radius 3 is 2.71 bits per heavy atom. The van der Waals surface area contributed by atoms with Gasteiger partial charge in [-0.05, 0) is 36.4 Å². The van der Waals surface area contributed by atoms with Crippen LogP contribution >= 0.6 is 11.6 Å². The zero-order chi connectivity index (χ0) is 19.3. The topological polar surface area (TPSA) is 77.5 Å². The van der Waals surface area contributed by atoms with Crippen molar-refractivity contribution in [1.29, 1.82) is 0 Å². The number of hydrogen-bond donors (Lipinski definition) is 1. The second kappa shape index (κ2) is 8.02. The maximum atomic E-state index is 12.0. The number of carbonyl (C=O) groups is 1. The van der Waals surface area contributed by atoms with Crippen molar-refractivity contribution in [3.05, 3.63) is 89.5 Å². The average Bonchev–Trinajstić information content (AvgIpc) is 3.40. The summed E-state index contributed by atoms with van der Waals surface area (Å²) in [5, 5.41) is 7.46. The van der Waals surface area contributed by atoms with Crippen LogP contribution in [0, 0.1) is 0 Å². The summed E-state index contributed by atoms with van der Waals surface area (Å²) in [5.41, 5.74) is 2.20. The maximum Gasteiger partial charge on any atom is 0.291 e. The molecule has 28 heavy (non-hydrogen) atoms. The molecule has 0 bridgehead atoms. The second-order valence-corrected chi connectivity index (χ2v) is 6.37. The van der Waals surface area contributed by atoms with Crippen molar-refractivity contribution in [2.75, 3.05) is 5.32 Å². The van der Waals surface area contributed by atoms with Crippen LogP contribution in [0.1, 0.15) is 16.3 Å². The molecule has 6 nitrogen and oxygen atoms in total. The van der Waals surface area contributed by atoms with Gasteiger partial charge in [-0.3, -0.25) is 4.79 Å². The molecule has 2 aromatic heterocycles. The van der Waals surface area contributed by atoms with Crippen LogP contribution in [0.2, 0.25) is 5.02 Å². The number of nitrogens with one attached hydrogen (secondary N) is 1. The van der Waals surface area contributed by atoms with Crippen molar-refractivity contribution in [2.24, 2.45) is 0 Å². The standard InChI is InChI=1S/C21H15ClN2O4/c22-15-8-6-14(7-9-15)19-12-18(28-24-19)13-27-17-4-1-3-16(11-17)23-21(25)20-5-2-10-26-20/h1-12H,13H2,(H,23,25). The van der Waals surface area contributed by atoms with Crippen molar-refractivity contribution in [3.8, 4) is 17.0 Å². The lowest BCUT2D eigenvalue weighted by molar-refractivity contribution is 0.0996. The third kappa shape index (κ3) is 4.24. The first kappa shape index (κ1) is 17.9. The van der Waals surface area contributed by atoms with E-state index in [-0.39, 0.29) is 18.3 Å². The van der Waals surface area contributed by atoms with Crippen LogP contribution in [0.15, 0.2) is 81.9 Å². The van der Waals surface area contributed by atoms with E-state index in [4.69, 9.17) is 25.3 Å². The number of nitrogens with zero attached hydrogens (tertiary/aromatic N) is 1. The van der Waals surface area contributed by atoms with Crippen molar-refractivity contribution in [2.45, 2.75) is 6.61 Å². The fraction of sp³-hybridized carbons (Fsp3) is 0.0476. The first-order valence-electron chi connectivity index (χ1n) is 8.47. The number of aromatic nitrogens is 1. The molecule has 0 aliphatic carbocycles. The Labute approximate surface area is 165 Å². The van der Waals surface area contributed by atoms with E-state index >= 15 is 0 Å². The lowest BCUT2D eigenvalue weighted by Gasteiger charge is -2.07. The lowest BCUT2D eigenvalue weighted by atomic mass is 10.1. The van der Waals surface area contributed by atoms with Crippen LogP contribution in [-0.4, -0.2) is 11.1 Å². The van der Waals surface area contributed by atoms with E-state index < -0.39 is 0 Å². The number of halogens is 1. The van der Waals surface area contributed by atoms with Crippen molar-refractivity contribution in [1.82, 2.24) is 5.16 Å². The molecular formula is C21H15ClN2O4. The molecule has 2 heterocycles. The molecule has 1 amide bonds. The van der Waals surface area contributed by atoms with Gasteiger partial charge in [-0.2, -0.15) is 0 Å². The molecule has 4 aromatic rings. The van der Waals surface area contributed by atoms with E-state index in [1.54, 1.807) is 48.5 Å². The predicted molar refractivity (Wildman–Crippen MR) is 104 cm³/mol. The lowest BCUT2D eigenvalue weighted by Crippen LogP contribution is -2.10. The van der Waals surface area contributed by atoms with E-state index in [2.05, 4.69) is 10.5 Å². The summed E-state index contributed by atoms with van der Waals surface area (Å²) in [5.74, 6) is 1.07. The van der Waals surface area contributed by atoms with Gasteiger partial charge >= 0.3 is 0 Å². The molecule has 0 radical (unpaired) electrons. The van der Waals surface area contributed by atoms with E-state index in [0.29, 0.717) is 27.9 Å². The SMILES string of the molecule is O=C(Nc1cccc(OCc2cc(-c3ccc(Cl)cc3)no2)c1)c1ccco1. The van der Waals surface area contributed by atoms with Gasteiger partial charge in [-0.25, -0.2) is 0 Å². The minimum Gasteiger partial charge on any atom is -0.485 e. The highest BCUT2D eigenvalue weighted by Crippen LogP contribution is 2.23. The zero-order valence-corrected chi connectivity index (χ0v) is 15.3. The van der Waals surface area contributed by atoms with Crippen LogP contribution in [0.25, 0.3) is 11.3 Å². The average molecular weight is 395 g/mol. The van der Waals surface area contributed by atoms with Crippen molar-refractivity contribution >= 4 is 23.2 Å². The second-order valence-electron chi connectivity index (χ2n) is 5.93. The first-order valence-corrected chi connectivity index (χ1v) is 8.84. The molecular weight excluding hydrogens is 380 g/mol. The summed E-state index contributed by atoms with van der Waals surface area (Å²) in [7, 11) is 0. The number of ether oxygens (including phenoxy) is 1. The number of benzene rings is 2. The number of furan rings is 1. The quantitative estimate of drug-likeness (QED) is 0.472. The highest BCUT2D eigenvalue weighted by molar-refractivity contribution is 6.30. The molecule has 0 saturated carbocycles. The van der Waals surface area contributed by atoms with E-state index in [1.807, 2.05) is 18.2 Å². The third-order valence-electron chi connectivity index (χ3n) is 3.92. The van der Waals surface area contributed by atoms with Gasteiger partial charge in [0.05, 0.1) is 6.26 Å². The highest BCUT2D eigenvalue weighted by atomic mass is 35.5. The summed E-state index contributed by atoms with van der Waals surface area (Å²) < 4.78 is 16.1. The van der Waals surface area contributed by atoms with Gasteiger partial charge < -0.3 is 19.0 Å². The van der Waals surface area contributed by atoms with Crippen LogP contribution < -0.4 is 10.1 Å². The molecule has 2 aromatic carbocycles. The molecule has 0 atom stereocenters. The predicted octanol–water partition coefficient (Wildman–Crippen LogP) is 5.42. The Morgan fingerprint density at radius 1 is 1.07 bits per heavy atom. The number of amides is 1.